The van der Waals surface area contributed by atoms with Gasteiger partial charge in [-0.1, -0.05) is 30.3 Å². The van der Waals surface area contributed by atoms with Crippen LogP contribution in [0, 0.1) is 11.3 Å². The average molecular weight is 377 g/mol. The number of hydrogen-bond donors (Lipinski definition) is 1. The van der Waals surface area contributed by atoms with Crippen LogP contribution in [0.25, 0.3) is 0 Å². The van der Waals surface area contributed by atoms with Gasteiger partial charge in [-0.15, -0.1) is 0 Å². The Hall–Kier alpha value is -3.33. The van der Waals surface area contributed by atoms with Gasteiger partial charge in [0, 0.05) is 19.5 Å². The number of ether oxygens (including phenoxy) is 1. The van der Waals surface area contributed by atoms with E-state index >= 15 is 0 Å². The van der Waals surface area contributed by atoms with Crippen molar-refractivity contribution in [2.45, 2.75) is 25.3 Å². The molecule has 6 nitrogen and oxygen atoms in total. The summed E-state index contributed by atoms with van der Waals surface area (Å²) in [6, 6.07) is 17.6. The van der Waals surface area contributed by atoms with Crippen LogP contribution in [0.1, 0.15) is 24.0 Å². The predicted molar refractivity (Wildman–Crippen MR) is 105 cm³/mol. The standard InChI is InChI=1S/C22H23N3O3/c23-15-18-8-10-19(11-9-18)28-16-21(26)24-20(14-17-6-2-1-3-7-17)22(27)25-12-4-5-13-25/h1-3,6-11,20H,4-5,12-14,16H2,(H,24,26)/t20-/m0/s1. The molecule has 0 radical (unpaired) electrons. The fraction of sp³-hybridized carbons (Fsp3) is 0.318. The second-order valence-corrected chi connectivity index (χ2v) is 6.77. The Morgan fingerprint density at radius 1 is 1.07 bits per heavy atom. The summed E-state index contributed by atoms with van der Waals surface area (Å²) in [6.45, 7) is 1.29. The number of nitrogens with zero attached hydrogens (tertiary/aromatic N) is 2. The van der Waals surface area contributed by atoms with Crippen LogP contribution in [0.3, 0.4) is 0 Å². The number of carbonyl (C=O) groups is 2. The molecule has 1 aliphatic rings. The molecule has 0 unspecified atom stereocenters. The number of carbonyl (C=O) groups excluding carboxylic acids is 2. The zero-order valence-electron chi connectivity index (χ0n) is 15.6. The Morgan fingerprint density at radius 2 is 1.75 bits per heavy atom. The van der Waals surface area contributed by atoms with E-state index in [2.05, 4.69) is 5.32 Å². The van der Waals surface area contributed by atoms with E-state index in [1.165, 1.54) is 0 Å². The van der Waals surface area contributed by atoms with Crippen molar-refractivity contribution in [3.63, 3.8) is 0 Å². The Morgan fingerprint density at radius 3 is 2.39 bits per heavy atom. The lowest BCUT2D eigenvalue weighted by Gasteiger charge is -2.24. The average Bonchev–Trinajstić information content (AvgIpc) is 3.27. The Kier molecular flexibility index (Phi) is 6.64. The zero-order chi connectivity index (χ0) is 19.8. The molecule has 0 aliphatic carbocycles. The van der Waals surface area contributed by atoms with Crippen molar-refractivity contribution in [1.29, 1.82) is 5.26 Å². The predicted octanol–water partition coefficient (Wildman–Crippen LogP) is 2.29. The first kappa shape index (κ1) is 19.4. The summed E-state index contributed by atoms with van der Waals surface area (Å²) in [5.74, 6) is 0.102. The molecule has 1 heterocycles. The normalized spacial score (nSPS) is 14.2. The van der Waals surface area contributed by atoms with Crippen LogP contribution in [0.5, 0.6) is 5.75 Å². The largest absolute Gasteiger partial charge is 0.484 e. The molecule has 0 spiro atoms. The summed E-state index contributed by atoms with van der Waals surface area (Å²) in [6.07, 6.45) is 2.44. The second-order valence-electron chi connectivity index (χ2n) is 6.77. The van der Waals surface area contributed by atoms with Crippen molar-refractivity contribution in [2.24, 2.45) is 0 Å². The fourth-order valence-corrected chi connectivity index (χ4v) is 3.22. The first-order valence-electron chi connectivity index (χ1n) is 9.41. The molecule has 6 heteroatoms. The smallest absolute Gasteiger partial charge is 0.258 e. The maximum Gasteiger partial charge on any atom is 0.258 e. The van der Waals surface area contributed by atoms with Gasteiger partial charge in [0.1, 0.15) is 11.8 Å². The van der Waals surface area contributed by atoms with Gasteiger partial charge in [-0.3, -0.25) is 9.59 Å². The van der Waals surface area contributed by atoms with Gasteiger partial charge in [0.2, 0.25) is 5.91 Å². The van der Waals surface area contributed by atoms with Crippen LogP contribution in [0.2, 0.25) is 0 Å². The zero-order valence-corrected chi connectivity index (χ0v) is 15.6. The SMILES string of the molecule is N#Cc1ccc(OCC(=O)N[C@@H](Cc2ccccc2)C(=O)N2CCCC2)cc1. The number of nitriles is 1. The quantitative estimate of drug-likeness (QED) is 0.803. The lowest BCUT2D eigenvalue weighted by atomic mass is 10.0. The highest BCUT2D eigenvalue weighted by Gasteiger charge is 2.28. The Balaban J connectivity index is 1.61. The van der Waals surface area contributed by atoms with E-state index in [1.54, 1.807) is 24.3 Å². The van der Waals surface area contributed by atoms with Crippen molar-refractivity contribution in [3.05, 3.63) is 65.7 Å². The summed E-state index contributed by atoms with van der Waals surface area (Å²) in [7, 11) is 0. The van der Waals surface area contributed by atoms with Gasteiger partial charge in [0.15, 0.2) is 6.61 Å². The minimum absolute atomic E-state index is 0.0481. The lowest BCUT2D eigenvalue weighted by molar-refractivity contribution is -0.136. The number of likely N-dealkylation sites (tertiary alicyclic amines) is 1. The van der Waals surface area contributed by atoms with Crippen LogP contribution < -0.4 is 10.1 Å². The topological polar surface area (TPSA) is 82.4 Å². The second kappa shape index (κ2) is 9.56. The van der Waals surface area contributed by atoms with E-state index in [0.717, 1.165) is 31.5 Å². The first-order chi connectivity index (χ1) is 13.7. The molecule has 1 atom stereocenters. The fourth-order valence-electron chi connectivity index (χ4n) is 3.22. The van der Waals surface area contributed by atoms with Crippen LogP contribution in [-0.2, 0) is 16.0 Å². The van der Waals surface area contributed by atoms with Gasteiger partial charge < -0.3 is 15.0 Å². The lowest BCUT2D eigenvalue weighted by Crippen LogP contribution is -2.50. The van der Waals surface area contributed by atoms with E-state index in [4.69, 9.17) is 10.00 Å². The van der Waals surface area contributed by atoms with Crippen molar-refractivity contribution < 1.29 is 14.3 Å². The molecule has 144 valence electrons. The third-order valence-electron chi connectivity index (χ3n) is 4.69. The van der Waals surface area contributed by atoms with Crippen LogP contribution >= 0.6 is 0 Å². The highest BCUT2D eigenvalue weighted by molar-refractivity contribution is 5.88. The van der Waals surface area contributed by atoms with Crippen LogP contribution in [-0.4, -0.2) is 42.5 Å². The van der Waals surface area contributed by atoms with E-state index in [-0.39, 0.29) is 18.4 Å². The maximum atomic E-state index is 12.9. The molecule has 0 aromatic heterocycles. The summed E-state index contributed by atoms with van der Waals surface area (Å²) in [5, 5.41) is 11.6. The number of hydrogen-bond acceptors (Lipinski definition) is 4. The molecule has 1 N–H and O–H groups in total. The molecule has 28 heavy (non-hydrogen) atoms. The molecule has 0 saturated carbocycles. The van der Waals surface area contributed by atoms with Gasteiger partial charge in [-0.05, 0) is 42.7 Å². The van der Waals surface area contributed by atoms with Crippen molar-refractivity contribution in [1.82, 2.24) is 10.2 Å². The number of rotatable bonds is 7. The van der Waals surface area contributed by atoms with Crippen molar-refractivity contribution in [2.75, 3.05) is 19.7 Å². The van der Waals surface area contributed by atoms with Gasteiger partial charge in [0.05, 0.1) is 11.6 Å². The van der Waals surface area contributed by atoms with Gasteiger partial charge in [-0.2, -0.15) is 5.26 Å². The van der Waals surface area contributed by atoms with Gasteiger partial charge in [-0.25, -0.2) is 0 Å². The molecule has 1 aliphatic heterocycles. The minimum Gasteiger partial charge on any atom is -0.484 e. The maximum absolute atomic E-state index is 12.9. The summed E-state index contributed by atoms with van der Waals surface area (Å²) < 4.78 is 5.48. The van der Waals surface area contributed by atoms with Crippen LogP contribution in [0.15, 0.2) is 54.6 Å². The first-order valence-corrected chi connectivity index (χ1v) is 9.41. The molecule has 0 bridgehead atoms. The van der Waals surface area contributed by atoms with E-state index < -0.39 is 6.04 Å². The van der Waals surface area contributed by atoms with Crippen LogP contribution in [0.4, 0.5) is 0 Å². The van der Waals surface area contributed by atoms with Crippen molar-refractivity contribution >= 4 is 11.8 Å². The van der Waals surface area contributed by atoms with Gasteiger partial charge >= 0.3 is 0 Å². The molecule has 2 aromatic carbocycles. The minimum atomic E-state index is -0.613. The molecular weight excluding hydrogens is 354 g/mol. The highest BCUT2D eigenvalue weighted by atomic mass is 16.5. The number of benzene rings is 2. The Labute approximate surface area is 164 Å². The summed E-state index contributed by atoms with van der Waals surface area (Å²) in [4.78, 5) is 27.1. The molecule has 2 aromatic rings. The number of nitrogens with one attached hydrogen (secondary N) is 1. The monoisotopic (exact) mass is 377 g/mol. The van der Waals surface area contributed by atoms with E-state index in [0.29, 0.717) is 17.7 Å². The van der Waals surface area contributed by atoms with Gasteiger partial charge in [0.25, 0.3) is 5.91 Å². The molecule has 1 fully saturated rings. The van der Waals surface area contributed by atoms with E-state index in [1.807, 2.05) is 41.3 Å². The summed E-state index contributed by atoms with van der Waals surface area (Å²) >= 11 is 0. The number of amides is 2. The third kappa shape index (κ3) is 5.34. The highest BCUT2D eigenvalue weighted by Crippen LogP contribution is 2.13. The summed E-state index contributed by atoms with van der Waals surface area (Å²) in [5.41, 5.74) is 1.52. The molecule has 1 saturated heterocycles. The molecule has 2 amide bonds. The third-order valence-corrected chi connectivity index (χ3v) is 4.69. The Bertz CT molecular complexity index is 838. The van der Waals surface area contributed by atoms with Crippen molar-refractivity contribution in [3.8, 4) is 11.8 Å². The molecule has 3 rings (SSSR count). The van der Waals surface area contributed by atoms with E-state index in [9.17, 15) is 9.59 Å². The molecular formula is C22H23N3O3.